The lowest BCUT2D eigenvalue weighted by Crippen LogP contribution is -2.39. The number of methoxy groups -OCH3 is 1. The van der Waals surface area contributed by atoms with Gasteiger partial charge in [-0.15, -0.1) is 0 Å². The van der Waals surface area contributed by atoms with E-state index in [1.54, 1.807) is 11.0 Å². The highest BCUT2D eigenvalue weighted by Gasteiger charge is 2.34. The van der Waals surface area contributed by atoms with E-state index in [0.29, 0.717) is 5.69 Å². The molecule has 0 amide bonds. The molecule has 0 aromatic heterocycles. The van der Waals surface area contributed by atoms with Gasteiger partial charge in [-0.05, 0) is 18.2 Å². The second-order valence-electron chi connectivity index (χ2n) is 4.68. The highest BCUT2D eigenvalue weighted by Crippen LogP contribution is 2.31. The van der Waals surface area contributed by atoms with Gasteiger partial charge in [-0.25, -0.2) is 13.6 Å². The lowest BCUT2D eigenvalue weighted by atomic mass is 10.0. The van der Waals surface area contributed by atoms with Gasteiger partial charge >= 0.3 is 5.97 Å². The van der Waals surface area contributed by atoms with Gasteiger partial charge in [0, 0.05) is 31.6 Å². The monoisotopic (exact) mass is 280 g/mol. The first-order valence-corrected chi connectivity index (χ1v) is 6.22. The Bertz CT molecular complexity index is 557. The zero-order valence-corrected chi connectivity index (χ0v) is 11.0. The largest absolute Gasteiger partial charge is 0.465 e. The molecule has 1 aromatic carbocycles. The van der Waals surface area contributed by atoms with Crippen LogP contribution in [0.4, 0.5) is 14.5 Å². The third-order valence-corrected chi connectivity index (χ3v) is 3.39. The Labute approximate surface area is 115 Å². The van der Waals surface area contributed by atoms with Crippen molar-refractivity contribution >= 4 is 11.7 Å². The van der Waals surface area contributed by atoms with Gasteiger partial charge in [-0.2, -0.15) is 5.26 Å². The summed E-state index contributed by atoms with van der Waals surface area (Å²) in [5, 5.41) is 9.07. The third kappa shape index (κ3) is 2.87. The van der Waals surface area contributed by atoms with E-state index in [4.69, 9.17) is 5.26 Å². The van der Waals surface area contributed by atoms with Crippen molar-refractivity contribution < 1.29 is 18.3 Å². The standard InChI is InChI=1S/C14H14F2N2O2/c1-20-13(19)12-3-2-11(8-10(12)9-17)18-6-4-14(15,16)5-7-18/h2-3,8H,4-7H2,1H3. The van der Waals surface area contributed by atoms with Crippen molar-refractivity contribution in [1.29, 1.82) is 5.26 Å². The number of rotatable bonds is 2. The summed E-state index contributed by atoms with van der Waals surface area (Å²) in [5.41, 5.74) is 1.04. The van der Waals surface area contributed by atoms with Gasteiger partial charge in [0.25, 0.3) is 5.92 Å². The Morgan fingerprint density at radius 1 is 1.40 bits per heavy atom. The maximum Gasteiger partial charge on any atom is 0.339 e. The molecule has 1 aliphatic heterocycles. The van der Waals surface area contributed by atoms with Crippen LogP contribution in [-0.4, -0.2) is 32.1 Å². The molecule has 0 atom stereocenters. The summed E-state index contributed by atoms with van der Waals surface area (Å²) in [6, 6.07) is 6.61. The zero-order chi connectivity index (χ0) is 14.8. The van der Waals surface area contributed by atoms with E-state index in [2.05, 4.69) is 4.74 Å². The molecule has 106 valence electrons. The summed E-state index contributed by atoms with van der Waals surface area (Å²) in [4.78, 5) is 13.3. The van der Waals surface area contributed by atoms with Crippen molar-refractivity contribution in [2.45, 2.75) is 18.8 Å². The van der Waals surface area contributed by atoms with Gasteiger partial charge in [0.15, 0.2) is 0 Å². The first kappa shape index (κ1) is 14.3. The zero-order valence-electron chi connectivity index (χ0n) is 11.0. The van der Waals surface area contributed by atoms with Crippen LogP contribution in [0.25, 0.3) is 0 Å². The molecular formula is C14H14F2N2O2. The molecule has 1 aliphatic rings. The predicted octanol–water partition coefficient (Wildman–Crippen LogP) is 2.58. The number of alkyl halides is 2. The molecule has 0 unspecified atom stereocenters. The van der Waals surface area contributed by atoms with Crippen molar-refractivity contribution in [3.8, 4) is 6.07 Å². The van der Waals surface area contributed by atoms with Crippen molar-refractivity contribution in [2.24, 2.45) is 0 Å². The molecule has 6 heteroatoms. The average Bonchev–Trinajstić information content (AvgIpc) is 2.45. The fourth-order valence-electron chi connectivity index (χ4n) is 2.20. The van der Waals surface area contributed by atoms with Crippen LogP contribution in [0.3, 0.4) is 0 Å². The molecular weight excluding hydrogens is 266 g/mol. The summed E-state index contributed by atoms with van der Waals surface area (Å²) in [5.74, 6) is -3.20. The molecule has 20 heavy (non-hydrogen) atoms. The Morgan fingerprint density at radius 3 is 2.60 bits per heavy atom. The number of halogens is 2. The Hall–Kier alpha value is -2.16. The molecule has 0 spiro atoms. The van der Waals surface area contributed by atoms with Crippen molar-refractivity contribution in [3.63, 3.8) is 0 Å². The molecule has 4 nitrogen and oxygen atoms in total. The van der Waals surface area contributed by atoms with E-state index >= 15 is 0 Å². The molecule has 0 bridgehead atoms. The van der Waals surface area contributed by atoms with E-state index in [-0.39, 0.29) is 37.1 Å². The number of nitrogens with zero attached hydrogens (tertiary/aromatic N) is 2. The lowest BCUT2D eigenvalue weighted by Gasteiger charge is -2.33. The predicted molar refractivity (Wildman–Crippen MR) is 68.9 cm³/mol. The van der Waals surface area contributed by atoms with E-state index in [1.807, 2.05) is 6.07 Å². The smallest absolute Gasteiger partial charge is 0.339 e. The second kappa shape index (κ2) is 5.45. The van der Waals surface area contributed by atoms with Crippen LogP contribution in [-0.2, 0) is 4.74 Å². The van der Waals surface area contributed by atoms with Gasteiger partial charge in [-0.3, -0.25) is 0 Å². The van der Waals surface area contributed by atoms with Crippen molar-refractivity contribution in [3.05, 3.63) is 29.3 Å². The van der Waals surface area contributed by atoms with Gasteiger partial charge < -0.3 is 9.64 Å². The van der Waals surface area contributed by atoms with E-state index < -0.39 is 11.9 Å². The minimum absolute atomic E-state index is 0.182. The number of benzene rings is 1. The van der Waals surface area contributed by atoms with Crippen LogP contribution in [0.15, 0.2) is 18.2 Å². The molecule has 0 radical (unpaired) electrons. The summed E-state index contributed by atoms with van der Waals surface area (Å²) in [6.07, 6.45) is -0.402. The SMILES string of the molecule is COC(=O)c1ccc(N2CCC(F)(F)CC2)cc1C#N. The number of piperidine rings is 1. The number of nitriles is 1. The van der Waals surface area contributed by atoms with Crippen molar-refractivity contribution in [1.82, 2.24) is 0 Å². The number of hydrogen-bond donors (Lipinski definition) is 0. The van der Waals surface area contributed by atoms with Gasteiger partial charge in [0.1, 0.15) is 6.07 Å². The lowest BCUT2D eigenvalue weighted by molar-refractivity contribution is -0.0220. The fraction of sp³-hybridized carbons (Fsp3) is 0.429. The third-order valence-electron chi connectivity index (χ3n) is 3.39. The highest BCUT2D eigenvalue weighted by atomic mass is 19.3. The molecule has 0 aliphatic carbocycles. The molecule has 2 rings (SSSR count). The number of carbonyl (C=O) groups is 1. The topological polar surface area (TPSA) is 53.3 Å². The summed E-state index contributed by atoms with van der Waals surface area (Å²) in [7, 11) is 1.24. The van der Waals surface area contributed by atoms with Crippen LogP contribution in [0.2, 0.25) is 0 Å². The number of anilines is 1. The van der Waals surface area contributed by atoms with Crippen molar-refractivity contribution in [2.75, 3.05) is 25.1 Å². The minimum atomic E-state index is -2.61. The Balaban J connectivity index is 2.23. The summed E-state index contributed by atoms with van der Waals surface area (Å²) in [6.45, 7) is 0.463. The van der Waals surface area contributed by atoms with Crippen LogP contribution >= 0.6 is 0 Å². The fourth-order valence-corrected chi connectivity index (χ4v) is 2.20. The van der Waals surface area contributed by atoms with Crippen LogP contribution in [0.1, 0.15) is 28.8 Å². The minimum Gasteiger partial charge on any atom is -0.465 e. The molecule has 1 aromatic rings. The molecule has 1 heterocycles. The van der Waals surface area contributed by atoms with E-state index in [1.165, 1.54) is 19.2 Å². The normalized spacial score (nSPS) is 17.4. The number of carbonyl (C=O) groups excluding carboxylic acids is 1. The first-order chi connectivity index (χ1) is 9.46. The summed E-state index contributed by atoms with van der Waals surface area (Å²) < 4.78 is 30.8. The van der Waals surface area contributed by atoms with Crippen LogP contribution < -0.4 is 4.90 Å². The summed E-state index contributed by atoms with van der Waals surface area (Å²) >= 11 is 0. The van der Waals surface area contributed by atoms with Crippen LogP contribution in [0.5, 0.6) is 0 Å². The van der Waals surface area contributed by atoms with Gasteiger partial charge in [-0.1, -0.05) is 0 Å². The molecule has 1 saturated heterocycles. The molecule has 0 N–H and O–H groups in total. The van der Waals surface area contributed by atoms with Gasteiger partial charge in [0.05, 0.1) is 18.2 Å². The first-order valence-electron chi connectivity index (χ1n) is 6.22. The highest BCUT2D eigenvalue weighted by molar-refractivity contribution is 5.92. The van der Waals surface area contributed by atoms with Gasteiger partial charge in [0.2, 0.25) is 0 Å². The van der Waals surface area contributed by atoms with Crippen LogP contribution in [0, 0.1) is 11.3 Å². The number of hydrogen-bond acceptors (Lipinski definition) is 4. The maximum absolute atomic E-state index is 13.1. The second-order valence-corrected chi connectivity index (χ2v) is 4.68. The Morgan fingerprint density at radius 2 is 2.05 bits per heavy atom. The van der Waals surface area contributed by atoms with E-state index in [0.717, 1.165) is 0 Å². The van der Waals surface area contributed by atoms with E-state index in [9.17, 15) is 13.6 Å². The number of ether oxygens (including phenoxy) is 1. The number of esters is 1. The Kier molecular flexibility index (Phi) is 3.89. The quantitative estimate of drug-likeness (QED) is 0.781. The molecule has 0 saturated carbocycles. The average molecular weight is 280 g/mol. The molecule has 1 fully saturated rings. The maximum atomic E-state index is 13.1.